The third-order valence-electron chi connectivity index (χ3n) is 3.96. The van der Waals surface area contributed by atoms with E-state index in [1.807, 2.05) is 30.3 Å². The van der Waals surface area contributed by atoms with Gasteiger partial charge < -0.3 is 9.47 Å². The fourth-order valence-corrected chi connectivity index (χ4v) is 2.51. The lowest BCUT2D eigenvalue weighted by atomic mass is 9.95. The van der Waals surface area contributed by atoms with Gasteiger partial charge in [0.05, 0.1) is 6.07 Å². The van der Waals surface area contributed by atoms with E-state index in [1.165, 1.54) is 0 Å². The first-order valence-corrected chi connectivity index (χ1v) is 8.65. The van der Waals surface area contributed by atoms with E-state index in [4.69, 9.17) is 9.47 Å². The Morgan fingerprint density at radius 1 is 0.786 bits per heavy atom. The molecule has 3 aromatic rings. The first kappa shape index (κ1) is 18.9. The minimum Gasteiger partial charge on any atom is -0.486 e. The largest absolute Gasteiger partial charge is 0.486 e. The van der Waals surface area contributed by atoms with Crippen molar-refractivity contribution in [3.8, 4) is 23.3 Å². The summed E-state index contributed by atoms with van der Waals surface area (Å²) in [7, 11) is 0. The van der Waals surface area contributed by atoms with Crippen molar-refractivity contribution in [2.24, 2.45) is 5.92 Å². The summed E-state index contributed by atoms with van der Waals surface area (Å²) >= 11 is 0. The van der Waals surface area contributed by atoms with Gasteiger partial charge in [-0.15, -0.1) is 0 Å². The van der Waals surface area contributed by atoms with Gasteiger partial charge in [0, 0.05) is 5.56 Å². The molecule has 0 aliphatic heterocycles. The Hall–Kier alpha value is -3.91. The standard InChI is InChI=1S/C23H17NO4/c24-15-21(23(26)17-7-3-1-4-8-17)22(25)16-27-18-11-13-20(14-12-18)28-19-9-5-2-6-10-19/h1-14,21H,16H2. The highest BCUT2D eigenvalue weighted by atomic mass is 16.5. The number of ketones is 2. The van der Waals surface area contributed by atoms with Crippen molar-refractivity contribution in [2.75, 3.05) is 6.61 Å². The summed E-state index contributed by atoms with van der Waals surface area (Å²) in [5, 5.41) is 9.24. The Balaban J connectivity index is 1.57. The lowest BCUT2D eigenvalue weighted by Crippen LogP contribution is -2.27. The molecule has 0 aliphatic rings. The molecule has 0 amide bonds. The number of hydrogen-bond acceptors (Lipinski definition) is 5. The van der Waals surface area contributed by atoms with Crippen LogP contribution in [0.25, 0.3) is 0 Å². The third-order valence-corrected chi connectivity index (χ3v) is 3.96. The van der Waals surface area contributed by atoms with Gasteiger partial charge in [-0.05, 0) is 36.4 Å². The molecule has 0 N–H and O–H groups in total. The molecular weight excluding hydrogens is 354 g/mol. The second-order valence-corrected chi connectivity index (χ2v) is 5.93. The molecule has 3 rings (SSSR count). The zero-order valence-corrected chi connectivity index (χ0v) is 14.9. The van der Waals surface area contributed by atoms with Gasteiger partial charge in [-0.1, -0.05) is 48.5 Å². The molecule has 0 radical (unpaired) electrons. The maximum absolute atomic E-state index is 12.3. The minimum absolute atomic E-state index is 0.324. The smallest absolute Gasteiger partial charge is 0.195 e. The lowest BCUT2D eigenvalue weighted by molar-refractivity contribution is -0.122. The summed E-state index contributed by atoms with van der Waals surface area (Å²) in [4.78, 5) is 24.6. The SMILES string of the molecule is N#CC(C(=O)COc1ccc(Oc2ccccc2)cc1)C(=O)c1ccccc1. The Kier molecular flexibility index (Phi) is 6.17. The molecule has 1 unspecified atom stereocenters. The first-order chi connectivity index (χ1) is 13.7. The third kappa shape index (κ3) is 4.83. The molecule has 138 valence electrons. The van der Waals surface area contributed by atoms with Crippen molar-refractivity contribution in [3.63, 3.8) is 0 Å². The second kappa shape index (κ2) is 9.15. The lowest BCUT2D eigenvalue weighted by Gasteiger charge is -2.10. The minimum atomic E-state index is -1.39. The van der Waals surface area contributed by atoms with Crippen LogP contribution in [0.2, 0.25) is 0 Å². The normalized spacial score (nSPS) is 11.1. The average Bonchev–Trinajstić information content (AvgIpc) is 2.75. The summed E-state index contributed by atoms with van der Waals surface area (Å²) in [5.41, 5.74) is 0.324. The molecule has 3 aromatic carbocycles. The maximum atomic E-state index is 12.3. The number of nitrogens with zero attached hydrogens (tertiary/aromatic N) is 1. The van der Waals surface area contributed by atoms with Crippen LogP contribution >= 0.6 is 0 Å². The van der Waals surface area contributed by atoms with E-state index >= 15 is 0 Å². The van der Waals surface area contributed by atoms with Crippen molar-refractivity contribution in [3.05, 3.63) is 90.5 Å². The number of carbonyl (C=O) groups is 2. The molecule has 5 nitrogen and oxygen atoms in total. The van der Waals surface area contributed by atoms with Crippen LogP contribution in [0.15, 0.2) is 84.9 Å². The molecule has 0 saturated carbocycles. The van der Waals surface area contributed by atoms with Gasteiger partial charge in [0.15, 0.2) is 17.5 Å². The topological polar surface area (TPSA) is 76.4 Å². The van der Waals surface area contributed by atoms with Gasteiger partial charge in [0.25, 0.3) is 0 Å². The fraction of sp³-hybridized carbons (Fsp3) is 0.0870. The van der Waals surface area contributed by atoms with E-state index in [0.717, 1.165) is 0 Å². The highest BCUT2D eigenvalue weighted by molar-refractivity contribution is 6.13. The Bertz CT molecular complexity index is 977. The van der Waals surface area contributed by atoms with E-state index in [9.17, 15) is 14.9 Å². The van der Waals surface area contributed by atoms with Crippen LogP contribution < -0.4 is 9.47 Å². The van der Waals surface area contributed by atoms with Crippen LogP contribution in [0, 0.1) is 17.2 Å². The van der Waals surface area contributed by atoms with E-state index in [1.54, 1.807) is 60.7 Å². The molecule has 0 bridgehead atoms. The number of carbonyl (C=O) groups excluding carboxylic acids is 2. The molecule has 1 atom stereocenters. The van der Waals surface area contributed by atoms with Crippen molar-refractivity contribution >= 4 is 11.6 Å². The number of nitriles is 1. The van der Waals surface area contributed by atoms with E-state index in [2.05, 4.69) is 0 Å². The number of ether oxygens (including phenoxy) is 2. The van der Waals surface area contributed by atoms with Crippen molar-refractivity contribution < 1.29 is 19.1 Å². The maximum Gasteiger partial charge on any atom is 0.195 e. The number of rotatable bonds is 8. The zero-order valence-electron chi connectivity index (χ0n) is 14.9. The van der Waals surface area contributed by atoms with Gasteiger partial charge in [0.2, 0.25) is 0 Å². The van der Waals surface area contributed by atoms with E-state index < -0.39 is 17.5 Å². The van der Waals surface area contributed by atoms with Crippen molar-refractivity contribution in [1.29, 1.82) is 5.26 Å². The van der Waals surface area contributed by atoms with Crippen LogP contribution in [0.3, 0.4) is 0 Å². The predicted molar refractivity (Wildman–Crippen MR) is 103 cm³/mol. The van der Waals surface area contributed by atoms with Gasteiger partial charge in [-0.3, -0.25) is 9.59 Å². The van der Waals surface area contributed by atoms with Gasteiger partial charge >= 0.3 is 0 Å². The number of benzene rings is 3. The molecule has 0 spiro atoms. The fourth-order valence-electron chi connectivity index (χ4n) is 2.51. The van der Waals surface area contributed by atoms with Crippen molar-refractivity contribution in [1.82, 2.24) is 0 Å². The Labute approximate surface area is 162 Å². The Morgan fingerprint density at radius 2 is 1.32 bits per heavy atom. The van der Waals surface area contributed by atoms with Gasteiger partial charge in [-0.25, -0.2) is 0 Å². The molecule has 0 saturated heterocycles. The van der Waals surface area contributed by atoms with Crippen LogP contribution in [0.4, 0.5) is 0 Å². The predicted octanol–water partition coefficient (Wildman–Crippen LogP) is 4.45. The van der Waals surface area contributed by atoms with Gasteiger partial charge in [-0.2, -0.15) is 5.26 Å². The average molecular weight is 371 g/mol. The summed E-state index contributed by atoms with van der Waals surface area (Å²) in [5.74, 6) is -0.716. The molecule has 5 heteroatoms. The number of para-hydroxylation sites is 1. The van der Waals surface area contributed by atoms with Gasteiger partial charge in [0.1, 0.15) is 23.9 Å². The molecule has 0 aromatic heterocycles. The zero-order chi connectivity index (χ0) is 19.8. The van der Waals surface area contributed by atoms with E-state index in [-0.39, 0.29) is 6.61 Å². The molecule has 28 heavy (non-hydrogen) atoms. The van der Waals surface area contributed by atoms with Crippen LogP contribution in [0.1, 0.15) is 10.4 Å². The van der Waals surface area contributed by atoms with E-state index in [0.29, 0.717) is 22.8 Å². The quantitative estimate of drug-likeness (QED) is 0.432. The van der Waals surface area contributed by atoms with Crippen LogP contribution in [0.5, 0.6) is 17.2 Å². The number of Topliss-reactive ketones (excluding diaryl/α,β-unsaturated/α-hetero) is 2. The highest BCUT2D eigenvalue weighted by Crippen LogP contribution is 2.23. The molecule has 0 heterocycles. The molecule has 0 aliphatic carbocycles. The second-order valence-electron chi connectivity index (χ2n) is 5.93. The first-order valence-electron chi connectivity index (χ1n) is 8.65. The number of hydrogen-bond donors (Lipinski definition) is 0. The highest BCUT2D eigenvalue weighted by Gasteiger charge is 2.27. The summed E-state index contributed by atoms with van der Waals surface area (Å²) in [6.45, 7) is -0.365. The molecular formula is C23H17NO4. The van der Waals surface area contributed by atoms with Crippen molar-refractivity contribution in [2.45, 2.75) is 0 Å². The molecule has 0 fully saturated rings. The van der Waals surface area contributed by atoms with Crippen LogP contribution in [-0.4, -0.2) is 18.2 Å². The monoisotopic (exact) mass is 371 g/mol. The summed E-state index contributed by atoms with van der Waals surface area (Å²) < 4.78 is 11.1. The Morgan fingerprint density at radius 3 is 1.93 bits per heavy atom. The summed E-state index contributed by atoms with van der Waals surface area (Å²) in [6, 6.07) is 26.1. The summed E-state index contributed by atoms with van der Waals surface area (Å²) in [6.07, 6.45) is 0. The van der Waals surface area contributed by atoms with Crippen LogP contribution in [-0.2, 0) is 4.79 Å².